The number of pyridine rings is 1. The number of hydrogen-bond donors (Lipinski definition) is 2. The van der Waals surface area contributed by atoms with Crippen molar-refractivity contribution in [2.24, 2.45) is 5.41 Å². The highest BCUT2D eigenvalue weighted by Gasteiger charge is 2.26. The summed E-state index contributed by atoms with van der Waals surface area (Å²) in [6, 6.07) is 9.15. The van der Waals surface area contributed by atoms with Crippen molar-refractivity contribution < 1.29 is 14.3 Å². The molecular weight excluding hydrogens is 318 g/mol. The highest BCUT2D eigenvalue weighted by atomic mass is 16.5. The van der Waals surface area contributed by atoms with Gasteiger partial charge in [0, 0.05) is 11.1 Å². The van der Waals surface area contributed by atoms with Gasteiger partial charge in [-0.1, -0.05) is 25.1 Å². The van der Waals surface area contributed by atoms with Crippen molar-refractivity contribution >= 4 is 28.6 Å². The molecule has 1 aromatic carbocycles. The number of fused-ring (bicyclic) bond motifs is 1. The first-order chi connectivity index (χ1) is 11.8. The molecule has 0 fully saturated rings. The average Bonchev–Trinajstić information content (AvgIpc) is 2.59. The molecule has 1 heterocycles. The van der Waals surface area contributed by atoms with Crippen molar-refractivity contribution in [1.29, 1.82) is 0 Å². The third-order valence-electron chi connectivity index (χ3n) is 4.16. The first-order valence-electron chi connectivity index (χ1n) is 8.42. The van der Waals surface area contributed by atoms with Crippen LogP contribution in [0.2, 0.25) is 0 Å². The fourth-order valence-corrected chi connectivity index (χ4v) is 2.16. The molecule has 6 heteroatoms. The van der Waals surface area contributed by atoms with Gasteiger partial charge in [-0.15, -0.1) is 0 Å². The van der Waals surface area contributed by atoms with Gasteiger partial charge in [0.2, 0.25) is 0 Å². The largest absolute Gasteiger partial charge is 0.463 e. The van der Waals surface area contributed by atoms with Crippen molar-refractivity contribution in [3.05, 3.63) is 36.0 Å². The van der Waals surface area contributed by atoms with Gasteiger partial charge in [-0.2, -0.15) is 0 Å². The van der Waals surface area contributed by atoms with Crippen LogP contribution < -0.4 is 10.6 Å². The second-order valence-corrected chi connectivity index (χ2v) is 6.58. The number of carbonyl (C=O) groups excluding carboxylic acids is 2. The van der Waals surface area contributed by atoms with Crippen LogP contribution in [0.15, 0.2) is 30.3 Å². The maximum absolute atomic E-state index is 12.0. The number of aromatic nitrogens is 1. The monoisotopic (exact) mass is 343 g/mol. The molecule has 2 aromatic rings. The van der Waals surface area contributed by atoms with E-state index in [0.717, 1.165) is 16.6 Å². The standard InChI is InChI=1S/C19H25N3O3/c1-5-19(3,4)17(23)25-12-11-20-18(24)22-15-8-6-7-14-10-9-13(2)21-16(14)15/h6-10H,5,11-12H2,1-4H3,(H2,20,22,24). The van der Waals surface area contributed by atoms with Crippen molar-refractivity contribution in [3.63, 3.8) is 0 Å². The fraction of sp³-hybridized carbons (Fsp3) is 0.421. The topological polar surface area (TPSA) is 80.3 Å². The quantitative estimate of drug-likeness (QED) is 0.620. The Kier molecular flexibility index (Phi) is 5.96. The van der Waals surface area contributed by atoms with Crippen molar-refractivity contribution in [3.8, 4) is 0 Å². The normalized spacial score (nSPS) is 11.2. The molecule has 0 atom stereocenters. The minimum Gasteiger partial charge on any atom is -0.463 e. The maximum atomic E-state index is 12.0. The van der Waals surface area contributed by atoms with Crippen LogP contribution in [-0.4, -0.2) is 30.1 Å². The highest BCUT2D eigenvalue weighted by Crippen LogP contribution is 2.22. The third kappa shape index (κ3) is 4.92. The van der Waals surface area contributed by atoms with Gasteiger partial charge >= 0.3 is 12.0 Å². The number of aryl methyl sites for hydroxylation is 1. The van der Waals surface area contributed by atoms with E-state index < -0.39 is 5.41 Å². The number of rotatable bonds is 6. The van der Waals surface area contributed by atoms with Crippen LogP contribution in [0.25, 0.3) is 10.9 Å². The van der Waals surface area contributed by atoms with Gasteiger partial charge < -0.3 is 15.4 Å². The van der Waals surface area contributed by atoms with Gasteiger partial charge in [0.1, 0.15) is 6.61 Å². The number of amides is 2. The molecule has 25 heavy (non-hydrogen) atoms. The summed E-state index contributed by atoms with van der Waals surface area (Å²) in [6.07, 6.45) is 0.702. The highest BCUT2D eigenvalue weighted by molar-refractivity contribution is 5.99. The molecule has 0 radical (unpaired) electrons. The molecule has 2 N–H and O–H groups in total. The molecular formula is C19H25N3O3. The van der Waals surface area contributed by atoms with Gasteiger partial charge in [-0.25, -0.2) is 4.79 Å². The van der Waals surface area contributed by atoms with Crippen LogP contribution in [0.3, 0.4) is 0 Å². The molecule has 0 aliphatic heterocycles. The number of hydrogen-bond acceptors (Lipinski definition) is 4. The molecule has 2 rings (SSSR count). The molecule has 0 unspecified atom stereocenters. The van der Waals surface area contributed by atoms with Crippen molar-refractivity contribution in [2.45, 2.75) is 34.1 Å². The lowest BCUT2D eigenvalue weighted by Gasteiger charge is -2.20. The molecule has 0 bridgehead atoms. The van der Waals surface area contributed by atoms with E-state index >= 15 is 0 Å². The van der Waals surface area contributed by atoms with Crippen molar-refractivity contribution in [2.75, 3.05) is 18.5 Å². The number of benzene rings is 1. The summed E-state index contributed by atoms with van der Waals surface area (Å²) in [6.45, 7) is 7.91. The number of para-hydroxylation sites is 1. The summed E-state index contributed by atoms with van der Waals surface area (Å²) < 4.78 is 5.19. The Morgan fingerprint density at radius 1 is 1.20 bits per heavy atom. The van der Waals surface area contributed by atoms with Crippen LogP contribution in [0.1, 0.15) is 32.9 Å². The summed E-state index contributed by atoms with van der Waals surface area (Å²) >= 11 is 0. The van der Waals surface area contributed by atoms with E-state index in [1.807, 2.05) is 52.0 Å². The molecule has 0 saturated heterocycles. The molecule has 0 saturated carbocycles. The van der Waals surface area contributed by atoms with Gasteiger partial charge in [0.05, 0.1) is 23.2 Å². The van der Waals surface area contributed by atoms with Gasteiger partial charge in [-0.05, 0) is 39.3 Å². The molecule has 0 aliphatic carbocycles. The van der Waals surface area contributed by atoms with Crippen LogP contribution >= 0.6 is 0 Å². The summed E-state index contributed by atoms with van der Waals surface area (Å²) in [5, 5.41) is 6.43. The zero-order valence-electron chi connectivity index (χ0n) is 15.2. The van der Waals surface area contributed by atoms with Gasteiger partial charge in [0.25, 0.3) is 0 Å². The smallest absolute Gasteiger partial charge is 0.319 e. The SMILES string of the molecule is CCC(C)(C)C(=O)OCCNC(=O)Nc1cccc2ccc(C)nc12. The number of nitrogens with zero attached hydrogens (tertiary/aromatic N) is 1. The van der Waals surface area contributed by atoms with E-state index in [4.69, 9.17) is 4.74 Å². The Bertz CT molecular complexity index is 772. The third-order valence-corrected chi connectivity index (χ3v) is 4.16. The summed E-state index contributed by atoms with van der Waals surface area (Å²) in [5.41, 5.74) is 1.76. The number of urea groups is 1. The lowest BCUT2D eigenvalue weighted by atomic mass is 9.91. The number of anilines is 1. The molecule has 1 aromatic heterocycles. The molecule has 2 amide bonds. The number of ether oxygens (including phenoxy) is 1. The van der Waals surface area contributed by atoms with E-state index in [9.17, 15) is 9.59 Å². The van der Waals surface area contributed by atoms with E-state index in [-0.39, 0.29) is 25.2 Å². The van der Waals surface area contributed by atoms with Crippen molar-refractivity contribution in [1.82, 2.24) is 10.3 Å². The predicted molar refractivity (Wildman–Crippen MR) is 98.5 cm³/mol. The lowest BCUT2D eigenvalue weighted by molar-refractivity contribution is -0.153. The number of esters is 1. The Morgan fingerprint density at radius 3 is 2.68 bits per heavy atom. The number of nitrogens with one attached hydrogen (secondary N) is 2. The summed E-state index contributed by atoms with van der Waals surface area (Å²) in [4.78, 5) is 28.4. The molecule has 0 spiro atoms. The van der Waals surface area contributed by atoms with Crippen LogP contribution in [0.5, 0.6) is 0 Å². The molecule has 0 aliphatic rings. The Balaban J connectivity index is 1.87. The predicted octanol–water partition coefficient (Wildman–Crippen LogP) is 3.64. The number of carbonyl (C=O) groups is 2. The summed E-state index contributed by atoms with van der Waals surface area (Å²) in [7, 11) is 0. The first-order valence-corrected chi connectivity index (χ1v) is 8.42. The van der Waals surface area contributed by atoms with E-state index in [0.29, 0.717) is 12.1 Å². The van der Waals surface area contributed by atoms with Gasteiger partial charge in [0.15, 0.2) is 0 Å². The minimum atomic E-state index is -0.505. The Hall–Kier alpha value is -2.63. The van der Waals surface area contributed by atoms with E-state index in [1.54, 1.807) is 6.07 Å². The second-order valence-electron chi connectivity index (χ2n) is 6.58. The molecule has 134 valence electrons. The van der Waals surface area contributed by atoms with Crippen LogP contribution in [0, 0.1) is 12.3 Å². The van der Waals surface area contributed by atoms with E-state index in [2.05, 4.69) is 15.6 Å². The zero-order chi connectivity index (χ0) is 18.4. The Labute approximate surface area is 148 Å². The first kappa shape index (κ1) is 18.7. The van der Waals surface area contributed by atoms with Gasteiger partial charge in [-0.3, -0.25) is 9.78 Å². The van der Waals surface area contributed by atoms with E-state index in [1.165, 1.54) is 0 Å². The van der Waals surface area contributed by atoms with Crippen LogP contribution in [0.4, 0.5) is 10.5 Å². The second kappa shape index (κ2) is 7.96. The lowest BCUT2D eigenvalue weighted by Crippen LogP contribution is -2.34. The van der Waals surface area contributed by atoms with Crippen LogP contribution in [-0.2, 0) is 9.53 Å². The fourth-order valence-electron chi connectivity index (χ4n) is 2.16. The molecule has 6 nitrogen and oxygen atoms in total. The average molecular weight is 343 g/mol. The maximum Gasteiger partial charge on any atom is 0.319 e. The minimum absolute atomic E-state index is 0.141. The Morgan fingerprint density at radius 2 is 1.96 bits per heavy atom. The zero-order valence-corrected chi connectivity index (χ0v) is 15.2. The summed E-state index contributed by atoms with van der Waals surface area (Å²) in [5.74, 6) is -0.258.